The third-order valence-electron chi connectivity index (χ3n) is 5.04. The Morgan fingerprint density at radius 1 is 1.16 bits per heavy atom. The van der Waals surface area contributed by atoms with E-state index in [1.165, 1.54) is 0 Å². The van der Waals surface area contributed by atoms with Gasteiger partial charge in [-0.25, -0.2) is 9.97 Å². The molecular weight excluding hydrogens is 458 g/mol. The number of nitrogens with zero attached hydrogens (tertiary/aromatic N) is 3. The van der Waals surface area contributed by atoms with Crippen LogP contribution in [0, 0.1) is 0 Å². The summed E-state index contributed by atoms with van der Waals surface area (Å²) in [5, 5.41) is 6.71. The highest BCUT2D eigenvalue weighted by molar-refractivity contribution is 9.10. The topological polar surface area (TPSA) is 71.5 Å². The maximum absolute atomic E-state index is 6.37. The van der Waals surface area contributed by atoms with Crippen molar-refractivity contribution in [1.82, 2.24) is 15.3 Å². The van der Waals surface area contributed by atoms with Crippen LogP contribution in [0.3, 0.4) is 0 Å². The molecule has 1 unspecified atom stereocenters. The van der Waals surface area contributed by atoms with Crippen molar-refractivity contribution >= 4 is 33.3 Å². The minimum atomic E-state index is 0.393. The summed E-state index contributed by atoms with van der Waals surface area (Å²) in [5.74, 6) is 2.53. The molecule has 3 aromatic rings. The first kappa shape index (κ1) is 21.4. The predicted molar refractivity (Wildman–Crippen MR) is 127 cm³/mol. The Kier molecular flexibility index (Phi) is 6.89. The van der Waals surface area contributed by atoms with E-state index >= 15 is 0 Å². The maximum atomic E-state index is 6.37. The fraction of sp³-hybridized carbons (Fsp3) is 0.304. The van der Waals surface area contributed by atoms with Crippen molar-refractivity contribution in [3.63, 3.8) is 0 Å². The summed E-state index contributed by atoms with van der Waals surface area (Å²) in [7, 11) is 0. The lowest BCUT2D eigenvalue weighted by atomic mass is 10.1. The van der Waals surface area contributed by atoms with E-state index in [9.17, 15) is 0 Å². The molecule has 1 fully saturated rings. The number of aromatic nitrogens is 2. The van der Waals surface area contributed by atoms with Gasteiger partial charge in [-0.05, 0) is 60.1 Å². The Morgan fingerprint density at radius 3 is 2.77 bits per heavy atom. The second-order valence-electron chi connectivity index (χ2n) is 7.24. The van der Waals surface area contributed by atoms with Gasteiger partial charge in [0.05, 0.1) is 12.3 Å². The van der Waals surface area contributed by atoms with E-state index < -0.39 is 0 Å². The zero-order chi connectivity index (χ0) is 21.6. The fourth-order valence-corrected chi connectivity index (χ4v) is 3.83. The number of piperazine rings is 1. The summed E-state index contributed by atoms with van der Waals surface area (Å²) >= 11 is 3.39. The summed E-state index contributed by atoms with van der Waals surface area (Å²) in [4.78, 5) is 11.1. The normalized spacial score (nSPS) is 16.1. The lowest BCUT2D eigenvalue weighted by Crippen LogP contribution is -2.49. The average molecular weight is 484 g/mol. The third kappa shape index (κ3) is 5.26. The highest BCUT2D eigenvalue weighted by atomic mass is 79.9. The molecule has 1 aliphatic heterocycles. The zero-order valence-corrected chi connectivity index (χ0v) is 19.2. The summed E-state index contributed by atoms with van der Waals surface area (Å²) in [5.41, 5.74) is 1.88. The molecule has 31 heavy (non-hydrogen) atoms. The van der Waals surface area contributed by atoms with E-state index in [-0.39, 0.29) is 0 Å². The van der Waals surface area contributed by atoms with E-state index in [2.05, 4.69) is 60.5 Å². The van der Waals surface area contributed by atoms with Gasteiger partial charge in [-0.1, -0.05) is 12.1 Å². The molecule has 162 valence electrons. The average Bonchev–Trinajstić information content (AvgIpc) is 2.77. The van der Waals surface area contributed by atoms with Gasteiger partial charge in [-0.3, -0.25) is 0 Å². The molecule has 1 saturated heterocycles. The van der Waals surface area contributed by atoms with Gasteiger partial charge in [0.25, 0.3) is 0 Å². The monoisotopic (exact) mass is 483 g/mol. The van der Waals surface area contributed by atoms with Crippen LogP contribution >= 0.6 is 15.9 Å². The van der Waals surface area contributed by atoms with Crippen LogP contribution in [-0.2, 0) is 0 Å². The van der Waals surface area contributed by atoms with Gasteiger partial charge < -0.3 is 25.0 Å². The minimum absolute atomic E-state index is 0.393. The van der Waals surface area contributed by atoms with Crippen LogP contribution < -0.4 is 25.0 Å². The van der Waals surface area contributed by atoms with Crippen molar-refractivity contribution in [2.24, 2.45) is 0 Å². The molecule has 0 aliphatic carbocycles. The molecule has 0 spiro atoms. The van der Waals surface area contributed by atoms with E-state index in [1.54, 1.807) is 12.3 Å². The fourth-order valence-electron chi connectivity index (χ4n) is 3.55. The van der Waals surface area contributed by atoms with Gasteiger partial charge in [0.2, 0.25) is 5.95 Å². The summed E-state index contributed by atoms with van der Waals surface area (Å²) in [6.45, 7) is 7.60. The Hall–Kier alpha value is -2.84. The van der Waals surface area contributed by atoms with E-state index in [4.69, 9.17) is 9.47 Å². The molecule has 0 bridgehead atoms. The smallest absolute Gasteiger partial charge is 0.228 e. The Bertz CT molecular complexity index is 1030. The van der Waals surface area contributed by atoms with Crippen LogP contribution in [0.5, 0.6) is 17.2 Å². The van der Waals surface area contributed by atoms with Crippen LogP contribution in [-0.4, -0.2) is 42.3 Å². The van der Waals surface area contributed by atoms with Crippen LogP contribution in [0.25, 0.3) is 0 Å². The summed E-state index contributed by atoms with van der Waals surface area (Å²) in [6, 6.07) is 16.0. The molecule has 1 atom stereocenters. The van der Waals surface area contributed by atoms with Crippen LogP contribution in [0.2, 0.25) is 0 Å². The van der Waals surface area contributed by atoms with Crippen LogP contribution in [0.1, 0.15) is 13.8 Å². The third-order valence-corrected chi connectivity index (χ3v) is 5.48. The quantitative estimate of drug-likeness (QED) is 0.459. The van der Waals surface area contributed by atoms with E-state index in [0.717, 1.165) is 31.0 Å². The van der Waals surface area contributed by atoms with Crippen molar-refractivity contribution in [3.05, 3.63) is 59.3 Å². The lowest BCUT2D eigenvalue weighted by molar-refractivity contribution is 0.321. The van der Waals surface area contributed by atoms with Gasteiger partial charge >= 0.3 is 0 Å². The number of benzene rings is 2. The molecule has 0 saturated carbocycles. The number of rotatable bonds is 7. The van der Waals surface area contributed by atoms with Crippen molar-refractivity contribution in [2.75, 3.05) is 36.5 Å². The molecule has 8 heteroatoms. The molecule has 4 rings (SSSR count). The second kappa shape index (κ2) is 9.98. The van der Waals surface area contributed by atoms with Crippen molar-refractivity contribution in [1.29, 1.82) is 0 Å². The number of halogens is 1. The van der Waals surface area contributed by atoms with Crippen molar-refractivity contribution in [3.8, 4) is 17.2 Å². The van der Waals surface area contributed by atoms with E-state index in [0.29, 0.717) is 40.4 Å². The van der Waals surface area contributed by atoms with E-state index in [1.807, 2.05) is 37.3 Å². The molecule has 2 heterocycles. The first-order valence-corrected chi connectivity index (χ1v) is 11.2. The molecule has 7 nitrogen and oxygen atoms in total. The van der Waals surface area contributed by atoms with Gasteiger partial charge in [-0.2, -0.15) is 0 Å². The zero-order valence-electron chi connectivity index (χ0n) is 17.6. The number of ether oxygens (including phenoxy) is 2. The number of anilines is 3. The largest absolute Gasteiger partial charge is 0.490 e. The molecule has 1 aromatic heterocycles. The van der Waals surface area contributed by atoms with Gasteiger partial charge in [0, 0.05) is 43.6 Å². The first-order valence-electron chi connectivity index (χ1n) is 10.4. The highest BCUT2D eigenvalue weighted by Crippen LogP contribution is 2.38. The molecule has 2 N–H and O–H groups in total. The molecular formula is C23H26BrN5O2. The molecule has 1 aliphatic rings. The first-order chi connectivity index (χ1) is 15.1. The summed E-state index contributed by atoms with van der Waals surface area (Å²) in [6.07, 6.45) is 1.70. The van der Waals surface area contributed by atoms with Gasteiger partial charge in [0.1, 0.15) is 4.60 Å². The highest BCUT2D eigenvalue weighted by Gasteiger charge is 2.20. The predicted octanol–water partition coefficient (Wildman–Crippen LogP) is 4.97. The number of para-hydroxylation sites is 2. The summed E-state index contributed by atoms with van der Waals surface area (Å²) < 4.78 is 12.8. The standard InChI is InChI=1S/C23H26BrN5O2/c1-3-30-19-6-4-5-7-20(19)31-21-14-17(29-13-12-25-15-16(29)2)8-9-18(21)27-23-26-11-10-22(24)28-23/h4-11,14,16,25H,3,12-13,15H2,1-2H3,(H,26,27,28). The molecule has 0 radical (unpaired) electrons. The van der Waals surface area contributed by atoms with Gasteiger partial charge in [-0.15, -0.1) is 0 Å². The molecule has 0 amide bonds. The SMILES string of the molecule is CCOc1ccccc1Oc1cc(N2CCNCC2C)ccc1Nc1nccc(Br)n1. The Morgan fingerprint density at radius 2 is 2.00 bits per heavy atom. The van der Waals surface area contributed by atoms with Crippen molar-refractivity contribution < 1.29 is 9.47 Å². The van der Waals surface area contributed by atoms with Gasteiger partial charge in [0.15, 0.2) is 17.2 Å². The van der Waals surface area contributed by atoms with Crippen LogP contribution in [0.4, 0.5) is 17.3 Å². The second-order valence-corrected chi connectivity index (χ2v) is 8.05. The lowest BCUT2D eigenvalue weighted by Gasteiger charge is -2.36. The number of hydrogen-bond donors (Lipinski definition) is 2. The number of nitrogens with one attached hydrogen (secondary N) is 2. The minimum Gasteiger partial charge on any atom is -0.490 e. The maximum Gasteiger partial charge on any atom is 0.228 e. The van der Waals surface area contributed by atoms with Crippen molar-refractivity contribution in [2.45, 2.75) is 19.9 Å². The number of hydrogen-bond acceptors (Lipinski definition) is 7. The molecule has 2 aromatic carbocycles. The Balaban J connectivity index is 1.70. The Labute approximate surface area is 190 Å². The van der Waals surface area contributed by atoms with Crippen LogP contribution in [0.15, 0.2) is 59.3 Å².